The van der Waals surface area contributed by atoms with Gasteiger partial charge in [0.05, 0.1) is 18.3 Å². The van der Waals surface area contributed by atoms with Crippen LogP contribution in [0.3, 0.4) is 0 Å². The first-order chi connectivity index (χ1) is 8.05. The molecule has 17 heavy (non-hydrogen) atoms. The van der Waals surface area contributed by atoms with E-state index in [1.165, 1.54) is 4.68 Å². The van der Waals surface area contributed by atoms with Crippen LogP contribution < -0.4 is 5.32 Å². The van der Waals surface area contributed by atoms with Crippen LogP contribution in [0.25, 0.3) is 0 Å². The average molecular weight is 248 g/mol. The molecule has 0 atom stereocenters. The molecule has 0 aromatic carbocycles. The number of alkyl halides is 3. The van der Waals surface area contributed by atoms with Gasteiger partial charge in [-0.25, -0.2) is 0 Å². The summed E-state index contributed by atoms with van der Waals surface area (Å²) in [4.78, 5) is 2.21. The SMILES string of the molecule is FC(F)(F)c1cnn(CCN2CCNCC2)c1. The number of nitrogens with zero attached hydrogens (tertiary/aromatic N) is 3. The van der Waals surface area contributed by atoms with Gasteiger partial charge in [-0.05, 0) is 0 Å². The van der Waals surface area contributed by atoms with Gasteiger partial charge in [-0.2, -0.15) is 18.3 Å². The summed E-state index contributed by atoms with van der Waals surface area (Å²) in [6.07, 6.45) is -2.37. The minimum atomic E-state index is -4.30. The summed E-state index contributed by atoms with van der Waals surface area (Å²) in [6, 6.07) is 0. The van der Waals surface area contributed by atoms with E-state index < -0.39 is 11.7 Å². The Bertz CT molecular complexity index is 355. The molecule has 0 amide bonds. The van der Waals surface area contributed by atoms with Gasteiger partial charge >= 0.3 is 6.18 Å². The molecule has 1 aromatic heterocycles. The highest BCUT2D eigenvalue weighted by Gasteiger charge is 2.32. The van der Waals surface area contributed by atoms with Crippen molar-refractivity contribution >= 4 is 0 Å². The monoisotopic (exact) mass is 248 g/mol. The zero-order chi connectivity index (χ0) is 12.3. The van der Waals surface area contributed by atoms with Crippen molar-refractivity contribution in [3.63, 3.8) is 0 Å². The molecule has 1 aliphatic rings. The summed E-state index contributed by atoms with van der Waals surface area (Å²) in [5.41, 5.74) is -0.683. The first-order valence-corrected chi connectivity index (χ1v) is 5.58. The molecule has 0 aliphatic carbocycles. The summed E-state index contributed by atoms with van der Waals surface area (Å²) in [7, 11) is 0. The third-order valence-electron chi connectivity index (χ3n) is 2.82. The van der Waals surface area contributed by atoms with Crippen LogP contribution in [0.1, 0.15) is 5.56 Å². The highest BCUT2D eigenvalue weighted by Crippen LogP contribution is 2.28. The maximum Gasteiger partial charge on any atom is 0.419 e. The van der Waals surface area contributed by atoms with Crippen LogP contribution in [0.15, 0.2) is 12.4 Å². The van der Waals surface area contributed by atoms with E-state index in [0.29, 0.717) is 6.54 Å². The van der Waals surface area contributed by atoms with Crippen LogP contribution in [0.5, 0.6) is 0 Å². The number of halogens is 3. The lowest BCUT2D eigenvalue weighted by Crippen LogP contribution is -2.44. The van der Waals surface area contributed by atoms with Gasteiger partial charge in [-0.1, -0.05) is 0 Å². The largest absolute Gasteiger partial charge is 0.419 e. The fraction of sp³-hybridized carbons (Fsp3) is 0.700. The lowest BCUT2D eigenvalue weighted by Gasteiger charge is -2.26. The molecular formula is C10H15F3N4. The van der Waals surface area contributed by atoms with Crippen LogP contribution in [-0.4, -0.2) is 47.4 Å². The quantitative estimate of drug-likeness (QED) is 0.859. The fourth-order valence-corrected chi connectivity index (χ4v) is 1.81. The molecule has 96 valence electrons. The van der Waals surface area contributed by atoms with Gasteiger partial charge in [0.1, 0.15) is 0 Å². The summed E-state index contributed by atoms with van der Waals surface area (Å²) < 4.78 is 38.3. The summed E-state index contributed by atoms with van der Waals surface area (Å²) in [5.74, 6) is 0. The molecule has 0 unspecified atom stereocenters. The molecule has 1 fully saturated rings. The number of nitrogens with one attached hydrogen (secondary N) is 1. The predicted octanol–water partition coefficient (Wildman–Crippen LogP) is 0.807. The van der Waals surface area contributed by atoms with Gasteiger partial charge in [-0.15, -0.1) is 0 Å². The van der Waals surface area contributed by atoms with Crippen molar-refractivity contribution in [3.8, 4) is 0 Å². The van der Waals surface area contributed by atoms with Crippen molar-refractivity contribution in [2.24, 2.45) is 0 Å². The number of hydrogen-bond acceptors (Lipinski definition) is 3. The van der Waals surface area contributed by atoms with Crippen molar-refractivity contribution in [1.29, 1.82) is 0 Å². The highest BCUT2D eigenvalue weighted by molar-refractivity contribution is 5.08. The maximum atomic E-state index is 12.3. The molecule has 1 aromatic rings. The van der Waals surface area contributed by atoms with E-state index in [1.807, 2.05) is 0 Å². The van der Waals surface area contributed by atoms with E-state index in [1.54, 1.807) is 0 Å². The third kappa shape index (κ3) is 3.44. The minimum Gasteiger partial charge on any atom is -0.314 e. The van der Waals surface area contributed by atoms with E-state index in [2.05, 4.69) is 15.3 Å². The second-order valence-electron chi connectivity index (χ2n) is 4.08. The molecule has 0 bridgehead atoms. The second kappa shape index (κ2) is 5.05. The van der Waals surface area contributed by atoms with Crippen molar-refractivity contribution in [1.82, 2.24) is 20.0 Å². The first kappa shape index (κ1) is 12.4. The van der Waals surface area contributed by atoms with E-state index >= 15 is 0 Å². The van der Waals surface area contributed by atoms with Gasteiger partial charge < -0.3 is 5.32 Å². The maximum absolute atomic E-state index is 12.3. The van der Waals surface area contributed by atoms with E-state index in [4.69, 9.17) is 0 Å². The van der Waals surface area contributed by atoms with E-state index in [9.17, 15) is 13.2 Å². The van der Waals surface area contributed by atoms with Crippen LogP contribution in [-0.2, 0) is 12.7 Å². The Morgan fingerprint density at radius 2 is 1.94 bits per heavy atom. The Morgan fingerprint density at radius 1 is 1.24 bits per heavy atom. The number of rotatable bonds is 3. The molecule has 4 nitrogen and oxygen atoms in total. The molecule has 0 saturated carbocycles. The van der Waals surface area contributed by atoms with Gasteiger partial charge in [0, 0.05) is 38.9 Å². The molecule has 2 heterocycles. The van der Waals surface area contributed by atoms with Crippen molar-refractivity contribution in [3.05, 3.63) is 18.0 Å². The van der Waals surface area contributed by atoms with Crippen LogP contribution in [0.2, 0.25) is 0 Å². The summed E-state index contributed by atoms with van der Waals surface area (Å²) in [6.45, 7) is 4.98. The van der Waals surface area contributed by atoms with Crippen molar-refractivity contribution < 1.29 is 13.2 Å². The molecule has 0 spiro atoms. The molecule has 1 aliphatic heterocycles. The van der Waals surface area contributed by atoms with Crippen LogP contribution >= 0.6 is 0 Å². The second-order valence-corrected chi connectivity index (χ2v) is 4.08. The summed E-state index contributed by atoms with van der Waals surface area (Å²) >= 11 is 0. The van der Waals surface area contributed by atoms with Gasteiger partial charge in [-0.3, -0.25) is 9.58 Å². The highest BCUT2D eigenvalue weighted by atomic mass is 19.4. The van der Waals surface area contributed by atoms with Crippen molar-refractivity contribution in [2.75, 3.05) is 32.7 Å². The Labute approximate surface area is 97.4 Å². The molecule has 1 N–H and O–H groups in total. The van der Waals surface area contributed by atoms with Crippen LogP contribution in [0, 0.1) is 0 Å². The van der Waals surface area contributed by atoms with Gasteiger partial charge in [0.2, 0.25) is 0 Å². The van der Waals surface area contributed by atoms with Gasteiger partial charge in [0.15, 0.2) is 0 Å². The van der Waals surface area contributed by atoms with Crippen LogP contribution in [0.4, 0.5) is 13.2 Å². The van der Waals surface area contributed by atoms with E-state index in [0.717, 1.165) is 45.1 Å². The molecule has 2 rings (SSSR count). The molecule has 1 saturated heterocycles. The normalized spacial score (nSPS) is 18.5. The number of piperazine rings is 1. The Hall–Kier alpha value is -1.08. The summed E-state index contributed by atoms with van der Waals surface area (Å²) in [5, 5.41) is 6.95. The predicted molar refractivity (Wildman–Crippen MR) is 56.5 cm³/mol. The fourth-order valence-electron chi connectivity index (χ4n) is 1.81. The molecule has 7 heteroatoms. The molecule has 0 radical (unpaired) electrons. The lowest BCUT2D eigenvalue weighted by atomic mass is 10.3. The zero-order valence-electron chi connectivity index (χ0n) is 9.37. The van der Waals surface area contributed by atoms with Crippen molar-refractivity contribution in [2.45, 2.75) is 12.7 Å². The smallest absolute Gasteiger partial charge is 0.314 e. The third-order valence-corrected chi connectivity index (χ3v) is 2.82. The minimum absolute atomic E-state index is 0.496. The topological polar surface area (TPSA) is 33.1 Å². The van der Waals surface area contributed by atoms with Gasteiger partial charge in [0.25, 0.3) is 0 Å². The Balaban J connectivity index is 1.84. The van der Waals surface area contributed by atoms with E-state index in [-0.39, 0.29) is 0 Å². The first-order valence-electron chi connectivity index (χ1n) is 5.58. The standard InChI is InChI=1S/C10H15F3N4/c11-10(12,13)9-7-15-17(8-9)6-5-16-3-1-14-2-4-16/h7-8,14H,1-6H2. The zero-order valence-corrected chi connectivity index (χ0v) is 9.37. The number of hydrogen-bond donors (Lipinski definition) is 1. The average Bonchev–Trinajstić information content (AvgIpc) is 2.76. The molecular weight excluding hydrogens is 233 g/mol. The Kier molecular flexibility index (Phi) is 3.68. The lowest BCUT2D eigenvalue weighted by molar-refractivity contribution is -0.137. The number of aromatic nitrogens is 2. The Morgan fingerprint density at radius 3 is 2.53 bits per heavy atom.